The average molecular weight is 400 g/mol. The fourth-order valence-corrected chi connectivity index (χ4v) is 2.80. The van der Waals surface area contributed by atoms with Gasteiger partial charge in [0.25, 0.3) is 5.69 Å². The van der Waals surface area contributed by atoms with Gasteiger partial charge in [-0.3, -0.25) is 10.1 Å². The van der Waals surface area contributed by atoms with Gasteiger partial charge in [-0.1, -0.05) is 0 Å². The molecule has 0 fully saturated rings. The van der Waals surface area contributed by atoms with Crippen molar-refractivity contribution in [2.45, 2.75) is 23.3 Å². The number of nitro groups is 1. The van der Waals surface area contributed by atoms with Crippen molar-refractivity contribution in [3.8, 4) is 0 Å². The molecule has 0 radical (unpaired) electrons. The number of halogens is 6. The van der Waals surface area contributed by atoms with Crippen LogP contribution in [0, 0.1) is 10.1 Å². The number of aromatic nitrogens is 2. The highest BCUT2D eigenvalue weighted by Gasteiger charge is 2.42. The Balaban J connectivity index is 2.35. The molecule has 140 valence electrons. The van der Waals surface area contributed by atoms with Crippen molar-refractivity contribution in [2.24, 2.45) is 0 Å². The van der Waals surface area contributed by atoms with Gasteiger partial charge in [0.2, 0.25) is 11.2 Å². The first-order valence-electron chi connectivity index (χ1n) is 6.54. The Morgan fingerprint density at radius 2 is 1.46 bits per heavy atom. The van der Waals surface area contributed by atoms with Crippen molar-refractivity contribution in [1.29, 1.82) is 0 Å². The van der Waals surface area contributed by atoms with E-state index in [4.69, 9.17) is 0 Å². The first kappa shape index (κ1) is 19.9. The molecular weight excluding hydrogens is 392 g/mol. The topological polar surface area (TPSA) is 89.2 Å². The van der Waals surface area contributed by atoms with Gasteiger partial charge in [0.15, 0.2) is 17.1 Å². The molecule has 0 aliphatic heterocycles. The van der Waals surface area contributed by atoms with Crippen LogP contribution in [0.5, 0.6) is 0 Å². The minimum absolute atomic E-state index is 0.243. The first-order chi connectivity index (χ1) is 11.9. The van der Waals surface area contributed by atoms with Crippen LogP contribution in [0.1, 0.15) is 17.0 Å². The summed E-state index contributed by atoms with van der Waals surface area (Å²) in [7, 11) is 0. The van der Waals surface area contributed by atoms with E-state index in [2.05, 4.69) is 9.97 Å². The normalized spacial score (nSPS) is 13.5. The number of rotatable bonds is 4. The zero-order valence-corrected chi connectivity index (χ0v) is 13.2. The minimum Gasteiger partial charge on any atom is -0.258 e. The largest absolute Gasteiger partial charge is 0.433 e. The summed E-state index contributed by atoms with van der Waals surface area (Å²) in [6, 6.07) is 4.35. The van der Waals surface area contributed by atoms with Crippen molar-refractivity contribution in [3.05, 3.63) is 57.4 Å². The Labute approximate surface area is 144 Å². The molecule has 1 unspecified atom stereocenters. The summed E-state index contributed by atoms with van der Waals surface area (Å²) < 4.78 is 86.4. The lowest BCUT2D eigenvalue weighted by atomic mass is 10.2. The van der Waals surface area contributed by atoms with Crippen LogP contribution < -0.4 is 0 Å². The van der Waals surface area contributed by atoms with E-state index in [0.717, 1.165) is 12.1 Å². The molecule has 2 rings (SSSR count). The Hall–Kier alpha value is -2.41. The average Bonchev–Trinajstić information content (AvgIpc) is 2.53. The molecule has 0 aliphatic carbocycles. The molecule has 6 nitrogen and oxygen atoms in total. The van der Waals surface area contributed by atoms with Gasteiger partial charge in [0.1, 0.15) is 0 Å². The third-order valence-corrected chi connectivity index (χ3v) is 4.16. The molecule has 1 N–H and O–H groups in total. The number of nitro benzene ring substituents is 1. The van der Waals surface area contributed by atoms with E-state index in [0.29, 0.717) is 0 Å². The van der Waals surface area contributed by atoms with E-state index in [9.17, 15) is 41.0 Å². The molecule has 1 heterocycles. The summed E-state index contributed by atoms with van der Waals surface area (Å²) >= 11 is -2.18. The molecule has 0 bridgehead atoms. The second kappa shape index (κ2) is 7.07. The van der Waals surface area contributed by atoms with E-state index < -0.39 is 50.7 Å². The third-order valence-electron chi connectivity index (χ3n) is 2.95. The quantitative estimate of drug-likeness (QED) is 0.275. The lowest BCUT2D eigenvalue weighted by Crippen LogP contribution is -2.20. The summed E-state index contributed by atoms with van der Waals surface area (Å²) in [5.41, 5.74) is -3.67. The highest BCUT2D eigenvalue weighted by Crippen LogP contribution is 2.34. The van der Waals surface area contributed by atoms with E-state index in [1.54, 1.807) is 0 Å². The molecule has 0 aliphatic rings. The van der Waals surface area contributed by atoms with Gasteiger partial charge in [-0.2, -0.15) is 40.9 Å². The maximum Gasteiger partial charge on any atom is 0.433 e. The summed E-state index contributed by atoms with van der Waals surface area (Å²) in [5, 5.41) is 9.52. The van der Waals surface area contributed by atoms with E-state index in [-0.39, 0.29) is 17.3 Å². The van der Waals surface area contributed by atoms with Crippen LogP contribution in [0.15, 0.2) is 35.5 Å². The van der Waals surface area contributed by atoms with Gasteiger partial charge in [-0.15, -0.1) is 0 Å². The summed E-state index contributed by atoms with van der Waals surface area (Å²) in [4.78, 5) is 15.8. The first-order valence-corrected chi connectivity index (χ1v) is 7.90. The Bertz CT molecular complexity index is 778. The fraction of sp³-hybridized carbons (Fsp3) is 0.231. The van der Waals surface area contributed by atoms with E-state index >= 15 is 0 Å². The lowest BCUT2D eigenvalue weighted by Gasteiger charge is -2.10. The maximum atomic E-state index is 12.7. The van der Waals surface area contributed by atoms with Crippen LogP contribution in [-0.2, 0) is 29.3 Å². The number of non-ortho nitro benzene ring substituents is 1. The zero-order chi connectivity index (χ0) is 19.7. The SMILES string of the molecule is O=[N+]([O-])c1ccc(C[S+](O)c2nc(C(F)(F)F)cc(C(F)(F)F)n2)cc1. The van der Waals surface area contributed by atoms with Crippen LogP contribution >= 0.6 is 0 Å². The lowest BCUT2D eigenvalue weighted by molar-refractivity contribution is -0.384. The monoisotopic (exact) mass is 400 g/mol. The third kappa shape index (κ3) is 4.82. The van der Waals surface area contributed by atoms with Crippen LogP contribution in [0.4, 0.5) is 32.0 Å². The smallest absolute Gasteiger partial charge is 0.258 e. The number of nitrogens with zero attached hydrogens (tertiary/aromatic N) is 3. The predicted octanol–water partition coefficient (Wildman–Crippen LogP) is 4.07. The Morgan fingerprint density at radius 1 is 1.00 bits per heavy atom. The number of benzene rings is 1. The molecular formula is C13H8F6N3O3S+. The molecule has 1 aromatic heterocycles. The predicted molar refractivity (Wildman–Crippen MR) is 77.1 cm³/mol. The van der Waals surface area contributed by atoms with Gasteiger partial charge in [-0.25, -0.2) is 0 Å². The molecule has 1 aromatic carbocycles. The number of hydrogen-bond donors (Lipinski definition) is 1. The molecule has 26 heavy (non-hydrogen) atoms. The number of alkyl halides is 6. The van der Waals surface area contributed by atoms with Crippen molar-refractivity contribution in [2.75, 3.05) is 0 Å². The molecule has 0 saturated carbocycles. The molecule has 0 saturated heterocycles. The Kier molecular flexibility index (Phi) is 5.41. The van der Waals surface area contributed by atoms with Crippen LogP contribution in [0.2, 0.25) is 0 Å². The van der Waals surface area contributed by atoms with Crippen molar-refractivity contribution in [1.82, 2.24) is 9.97 Å². The minimum atomic E-state index is -5.16. The van der Waals surface area contributed by atoms with Gasteiger partial charge in [0, 0.05) is 23.8 Å². The van der Waals surface area contributed by atoms with Crippen molar-refractivity contribution >= 4 is 16.9 Å². The summed E-state index contributed by atoms with van der Waals surface area (Å²) in [5.74, 6) is -0.406. The van der Waals surface area contributed by atoms with Gasteiger partial charge < -0.3 is 0 Å². The second-order valence-electron chi connectivity index (χ2n) is 4.85. The number of hydrogen-bond acceptors (Lipinski definition) is 5. The highest BCUT2D eigenvalue weighted by atomic mass is 32.2. The summed E-state index contributed by atoms with van der Waals surface area (Å²) in [6.07, 6.45) is -10.3. The van der Waals surface area contributed by atoms with Crippen LogP contribution in [0.3, 0.4) is 0 Å². The highest BCUT2D eigenvalue weighted by molar-refractivity contribution is 7.90. The fourth-order valence-electron chi connectivity index (χ4n) is 1.76. The zero-order valence-electron chi connectivity index (χ0n) is 12.4. The van der Waals surface area contributed by atoms with Crippen molar-refractivity contribution in [3.63, 3.8) is 0 Å². The van der Waals surface area contributed by atoms with E-state index in [1.165, 1.54) is 12.1 Å². The molecule has 0 amide bonds. The summed E-state index contributed by atoms with van der Waals surface area (Å²) in [6.45, 7) is 0. The van der Waals surface area contributed by atoms with Gasteiger partial charge in [-0.05, 0) is 12.1 Å². The molecule has 1 atom stereocenters. The van der Waals surface area contributed by atoms with Gasteiger partial charge in [0.05, 0.1) is 4.92 Å². The van der Waals surface area contributed by atoms with Crippen molar-refractivity contribution < 1.29 is 35.8 Å². The van der Waals surface area contributed by atoms with Crippen LogP contribution in [-0.4, -0.2) is 19.4 Å². The molecule has 0 spiro atoms. The van der Waals surface area contributed by atoms with Gasteiger partial charge >= 0.3 is 17.5 Å². The van der Waals surface area contributed by atoms with E-state index in [1.807, 2.05) is 0 Å². The standard InChI is InChI=1S/C13H8F6N3O3S/c14-12(15,16)9-5-10(13(17,18)19)21-11(20-9)26(25)6-7-1-3-8(4-2-7)22(23)24/h1-5,25H,6H2/q+1. The maximum absolute atomic E-state index is 12.7. The molecule has 13 heteroatoms. The molecule has 2 aromatic rings. The Morgan fingerprint density at radius 3 is 1.85 bits per heavy atom. The second-order valence-corrected chi connectivity index (χ2v) is 6.23. The van der Waals surface area contributed by atoms with Crippen LogP contribution in [0.25, 0.3) is 0 Å².